The number of anilines is 1. The molecule has 0 amide bonds. The zero-order valence-electron chi connectivity index (χ0n) is 12.3. The van der Waals surface area contributed by atoms with Gasteiger partial charge in [0, 0.05) is 17.8 Å². The number of nitrogens with zero attached hydrogens (tertiary/aromatic N) is 5. The second-order valence-electron chi connectivity index (χ2n) is 5.15. The lowest BCUT2D eigenvalue weighted by Gasteiger charge is -2.21. The first-order valence-electron chi connectivity index (χ1n) is 6.96. The molecular formula is C15H15N7. The second-order valence-corrected chi connectivity index (χ2v) is 5.15. The molecule has 3 rings (SSSR count). The summed E-state index contributed by atoms with van der Waals surface area (Å²) in [7, 11) is 0. The first-order valence-corrected chi connectivity index (χ1v) is 6.96. The van der Waals surface area contributed by atoms with Crippen molar-refractivity contribution in [2.45, 2.75) is 25.8 Å². The summed E-state index contributed by atoms with van der Waals surface area (Å²) >= 11 is 0. The number of hydrogen-bond donors (Lipinski definition) is 2. The van der Waals surface area contributed by atoms with Crippen molar-refractivity contribution < 1.29 is 0 Å². The summed E-state index contributed by atoms with van der Waals surface area (Å²) in [5.41, 5.74) is 0.730. The van der Waals surface area contributed by atoms with Crippen LogP contribution in [0.15, 0.2) is 30.9 Å². The lowest BCUT2D eigenvalue weighted by molar-refractivity contribution is 0.623. The van der Waals surface area contributed by atoms with Gasteiger partial charge in [0.15, 0.2) is 5.82 Å². The monoisotopic (exact) mass is 293 g/mol. The first-order chi connectivity index (χ1) is 10.6. The predicted molar refractivity (Wildman–Crippen MR) is 82.8 cm³/mol. The molecule has 3 heterocycles. The van der Waals surface area contributed by atoms with E-state index in [9.17, 15) is 5.26 Å². The summed E-state index contributed by atoms with van der Waals surface area (Å²) in [4.78, 5) is 20.2. The van der Waals surface area contributed by atoms with E-state index in [0.717, 1.165) is 11.0 Å². The lowest BCUT2D eigenvalue weighted by Crippen LogP contribution is -2.32. The molecule has 0 aliphatic rings. The van der Waals surface area contributed by atoms with Gasteiger partial charge in [0.1, 0.15) is 29.0 Å². The van der Waals surface area contributed by atoms with E-state index in [1.165, 1.54) is 6.33 Å². The zero-order valence-corrected chi connectivity index (χ0v) is 12.3. The highest BCUT2D eigenvalue weighted by Crippen LogP contribution is 2.23. The number of aromatic nitrogens is 5. The molecule has 3 aromatic rings. The maximum Gasteiger partial charge on any atom is 0.180 e. The fraction of sp³-hybridized carbons (Fsp3) is 0.267. The van der Waals surface area contributed by atoms with Crippen molar-refractivity contribution in [1.82, 2.24) is 24.9 Å². The summed E-state index contributed by atoms with van der Waals surface area (Å²) in [6.45, 7) is 3.79. The van der Waals surface area contributed by atoms with E-state index >= 15 is 0 Å². The van der Waals surface area contributed by atoms with Crippen LogP contribution in [0.1, 0.15) is 20.3 Å². The largest absolute Gasteiger partial charge is 0.352 e. The molecule has 3 aromatic heterocycles. The van der Waals surface area contributed by atoms with Gasteiger partial charge in [-0.25, -0.2) is 19.9 Å². The van der Waals surface area contributed by atoms with Crippen molar-refractivity contribution in [2.75, 3.05) is 5.32 Å². The molecule has 0 aliphatic heterocycles. The second kappa shape index (κ2) is 5.41. The van der Waals surface area contributed by atoms with Gasteiger partial charge >= 0.3 is 0 Å². The third-order valence-electron chi connectivity index (χ3n) is 3.58. The number of aromatic amines is 1. The zero-order chi connectivity index (χ0) is 15.6. The normalized spacial score (nSPS) is 13.5. The molecule has 0 spiro atoms. The number of hydrogen-bond acceptors (Lipinski definition) is 6. The van der Waals surface area contributed by atoms with Crippen LogP contribution in [0, 0.1) is 11.3 Å². The minimum Gasteiger partial charge on any atom is -0.352 e. The van der Waals surface area contributed by atoms with E-state index < -0.39 is 5.54 Å². The Morgan fingerprint density at radius 2 is 2.18 bits per heavy atom. The van der Waals surface area contributed by atoms with Crippen LogP contribution in [0.2, 0.25) is 0 Å². The van der Waals surface area contributed by atoms with Crippen molar-refractivity contribution >= 4 is 16.9 Å². The molecule has 2 N–H and O–H groups in total. The number of nitrogens with one attached hydrogen (secondary N) is 2. The van der Waals surface area contributed by atoms with Crippen LogP contribution in [0.25, 0.3) is 22.6 Å². The van der Waals surface area contributed by atoms with Crippen molar-refractivity contribution in [3.05, 3.63) is 30.9 Å². The van der Waals surface area contributed by atoms with Gasteiger partial charge in [-0.15, -0.1) is 0 Å². The minimum atomic E-state index is -0.666. The Morgan fingerprint density at radius 1 is 1.32 bits per heavy atom. The fourth-order valence-electron chi connectivity index (χ4n) is 2.07. The van der Waals surface area contributed by atoms with E-state index in [0.29, 0.717) is 23.8 Å². The molecule has 1 unspecified atom stereocenters. The van der Waals surface area contributed by atoms with Crippen LogP contribution in [-0.4, -0.2) is 30.5 Å². The Hall–Kier alpha value is -3.01. The Balaban J connectivity index is 2.02. The molecule has 7 heteroatoms. The summed E-state index contributed by atoms with van der Waals surface area (Å²) in [6.07, 6.45) is 5.59. The summed E-state index contributed by atoms with van der Waals surface area (Å²) in [6, 6.07) is 5.89. The van der Waals surface area contributed by atoms with Gasteiger partial charge in [-0.2, -0.15) is 5.26 Å². The molecule has 0 saturated carbocycles. The minimum absolute atomic E-state index is 0.494. The van der Waals surface area contributed by atoms with E-state index in [2.05, 4.69) is 36.3 Å². The van der Waals surface area contributed by atoms with Gasteiger partial charge < -0.3 is 10.3 Å². The average Bonchev–Trinajstić information content (AvgIpc) is 3.03. The number of fused-ring (bicyclic) bond motifs is 1. The molecule has 0 fully saturated rings. The van der Waals surface area contributed by atoms with Crippen LogP contribution in [0.5, 0.6) is 0 Å². The van der Waals surface area contributed by atoms with Gasteiger partial charge in [0.05, 0.1) is 6.07 Å². The van der Waals surface area contributed by atoms with Crippen molar-refractivity contribution in [2.24, 2.45) is 0 Å². The molecule has 1 atom stereocenters. The molecule has 0 bridgehead atoms. The average molecular weight is 293 g/mol. The van der Waals surface area contributed by atoms with Gasteiger partial charge in [-0.05, 0) is 25.5 Å². The Labute approximate surface area is 127 Å². The van der Waals surface area contributed by atoms with Crippen molar-refractivity contribution in [3.63, 3.8) is 0 Å². The van der Waals surface area contributed by atoms with Crippen LogP contribution in [-0.2, 0) is 0 Å². The molecule has 0 radical (unpaired) electrons. The first kappa shape index (κ1) is 13.9. The van der Waals surface area contributed by atoms with Crippen molar-refractivity contribution in [3.8, 4) is 17.6 Å². The van der Waals surface area contributed by atoms with Gasteiger partial charge in [0.2, 0.25) is 0 Å². The van der Waals surface area contributed by atoms with E-state index in [1.807, 2.05) is 19.9 Å². The van der Waals surface area contributed by atoms with Crippen LogP contribution in [0.4, 0.5) is 5.82 Å². The molecule has 0 aliphatic carbocycles. The molecule has 7 nitrogen and oxygen atoms in total. The fourth-order valence-corrected chi connectivity index (χ4v) is 2.07. The molecular weight excluding hydrogens is 278 g/mol. The van der Waals surface area contributed by atoms with Gasteiger partial charge in [-0.1, -0.05) is 6.92 Å². The van der Waals surface area contributed by atoms with Crippen LogP contribution >= 0.6 is 0 Å². The lowest BCUT2D eigenvalue weighted by atomic mass is 10.0. The quantitative estimate of drug-likeness (QED) is 0.766. The number of nitriles is 1. The SMILES string of the molecule is CCC(C)(C#N)Nc1ccnc(-c2ncnc3[nH]ccc23)n1. The Morgan fingerprint density at radius 3 is 2.95 bits per heavy atom. The van der Waals surface area contributed by atoms with E-state index in [-0.39, 0.29) is 0 Å². The third kappa shape index (κ3) is 2.46. The highest BCUT2D eigenvalue weighted by atomic mass is 15.1. The van der Waals surface area contributed by atoms with E-state index in [4.69, 9.17) is 0 Å². The molecule has 0 aromatic carbocycles. The number of H-pyrrole nitrogens is 1. The Kier molecular flexibility index (Phi) is 3.43. The van der Waals surface area contributed by atoms with Crippen molar-refractivity contribution in [1.29, 1.82) is 5.26 Å². The topological polar surface area (TPSA) is 103 Å². The number of rotatable bonds is 4. The summed E-state index contributed by atoms with van der Waals surface area (Å²) < 4.78 is 0. The maximum absolute atomic E-state index is 9.27. The smallest absolute Gasteiger partial charge is 0.180 e. The molecule has 0 saturated heterocycles. The van der Waals surface area contributed by atoms with Crippen LogP contribution < -0.4 is 5.32 Å². The Bertz CT molecular complexity index is 848. The van der Waals surface area contributed by atoms with E-state index in [1.54, 1.807) is 18.5 Å². The highest BCUT2D eigenvalue weighted by molar-refractivity contribution is 5.88. The highest BCUT2D eigenvalue weighted by Gasteiger charge is 2.21. The molecule has 22 heavy (non-hydrogen) atoms. The summed E-state index contributed by atoms with van der Waals surface area (Å²) in [5, 5.41) is 13.3. The standard InChI is InChI=1S/C15H15N7/c1-3-15(2,8-16)22-11-5-7-18-14(21-11)12-10-4-6-17-13(10)20-9-19-12/h4-7,9H,3H2,1-2H3,(H,17,19,20)(H,18,21,22). The maximum atomic E-state index is 9.27. The van der Waals surface area contributed by atoms with Gasteiger partial charge in [0.25, 0.3) is 0 Å². The van der Waals surface area contributed by atoms with Crippen LogP contribution in [0.3, 0.4) is 0 Å². The predicted octanol–water partition coefficient (Wildman–Crippen LogP) is 2.52. The van der Waals surface area contributed by atoms with Gasteiger partial charge in [-0.3, -0.25) is 0 Å². The molecule has 110 valence electrons. The summed E-state index contributed by atoms with van der Waals surface area (Å²) in [5.74, 6) is 1.09. The third-order valence-corrected chi connectivity index (χ3v) is 3.58.